The lowest BCUT2D eigenvalue weighted by molar-refractivity contribution is -0.736. The number of tetrazole rings is 1. The van der Waals surface area contributed by atoms with Gasteiger partial charge in [-0.2, -0.15) is 0 Å². The van der Waals surface area contributed by atoms with Crippen molar-refractivity contribution in [1.82, 2.24) is 15.0 Å². The lowest BCUT2D eigenvalue weighted by Crippen LogP contribution is -3.00. The third-order valence-corrected chi connectivity index (χ3v) is 5.27. The first-order valence-corrected chi connectivity index (χ1v) is 10.8. The summed E-state index contributed by atoms with van der Waals surface area (Å²) in [6, 6.07) is 31.3. The topological polar surface area (TPSA) is 53.0 Å². The van der Waals surface area contributed by atoms with Gasteiger partial charge in [0.2, 0.25) is 5.69 Å². The van der Waals surface area contributed by atoms with Gasteiger partial charge in [-0.05, 0) is 57.9 Å². The van der Waals surface area contributed by atoms with Crippen molar-refractivity contribution in [2.75, 3.05) is 7.11 Å². The highest BCUT2D eigenvalue weighted by Crippen LogP contribution is 2.32. The van der Waals surface area contributed by atoms with Gasteiger partial charge < -0.3 is 21.9 Å². The summed E-state index contributed by atoms with van der Waals surface area (Å²) >= 11 is 0. The molecule has 0 fully saturated rings. The molecule has 0 saturated carbocycles. The molecule has 1 aromatic heterocycles. The summed E-state index contributed by atoms with van der Waals surface area (Å²) < 4.78 is 26.2. The molecule has 176 valence electrons. The first-order chi connectivity index (χ1) is 16.7. The van der Waals surface area contributed by atoms with E-state index in [1.165, 1.54) is 10.9 Å². The van der Waals surface area contributed by atoms with Gasteiger partial charge in [0.05, 0.1) is 17.8 Å². The minimum atomic E-state index is -0.397. The largest absolute Gasteiger partial charge is 1.00 e. The maximum Gasteiger partial charge on any atom is 0.340 e. The van der Waals surface area contributed by atoms with E-state index in [0.29, 0.717) is 35.2 Å². The molecule has 4 aromatic carbocycles. The summed E-state index contributed by atoms with van der Waals surface area (Å²) in [7, 11) is 1.59. The molecule has 0 atom stereocenters. The highest BCUT2D eigenvalue weighted by atomic mass is 35.5. The molecule has 8 heteroatoms. The van der Waals surface area contributed by atoms with Gasteiger partial charge in [-0.1, -0.05) is 60.7 Å². The van der Waals surface area contributed by atoms with E-state index in [1.807, 2.05) is 78.9 Å². The standard InChI is InChI=1S/C27H22FN4O2.ClH/c1-33-26-18-21(16-17-25(26)34-19-20-10-4-2-5-11-20)27-29-31(22-12-6-3-7-13-22)32(30-27)24-15-9-8-14-23(24)28;/h2-18H,19H2,1H3;1H/q+1;/p-1. The Morgan fingerprint density at radius 1 is 0.829 bits per heavy atom. The fourth-order valence-corrected chi connectivity index (χ4v) is 3.56. The van der Waals surface area contributed by atoms with Crippen LogP contribution in [0.4, 0.5) is 4.39 Å². The number of halogens is 2. The van der Waals surface area contributed by atoms with Crippen molar-refractivity contribution in [2.24, 2.45) is 0 Å². The van der Waals surface area contributed by atoms with Gasteiger partial charge in [-0.15, -0.1) is 0 Å². The number of methoxy groups -OCH3 is 1. The van der Waals surface area contributed by atoms with Crippen molar-refractivity contribution in [2.45, 2.75) is 6.61 Å². The van der Waals surface area contributed by atoms with Gasteiger partial charge in [-0.25, -0.2) is 4.39 Å². The molecule has 35 heavy (non-hydrogen) atoms. The minimum absolute atomic E-state index is 0. The second kappa shape index (κ2) is 10.8. The van der Waals surface area contributed by atoms with Gasteiger partial charge in [-0.3, -0.25) is 0 Å². The van der Waals surface area contributed by atoms with Crippen LogP contribution >= 0.6 is 0 Å². The Bertz CT molecular complexity index is 1410. The van der Waals surface area contributed by atoms with Crippen LogP contribution in [0.15, 0.2) is 103 Å². The number of aromatic nitrogens is 4. The van der Waals surface area contributed by atoms with Crippen molar-refractivity contribution in [1.29, 1.82) is 0 Å². The molecule has 0 aliphatic rings. The van der Waals surface area contributed by atoms with Gasteiger partial charge in [0, 0.05) is 4.80 Å². The van der Waals surface area contributed by atoms with Crippen molar-refractivity contribution in [3.8, 4) is 34.3 Å². The summed E-state index contributed by atoms with van der Waals surface area (Å²) in [5, 5.41) is 9.29. The lowest BCUT2D eigenvalue weighted by Gasteiger charge is -2.11. The van der Waals surface area contributed by atoms with E-state index >= 15 is 0 Å². The molecule has 0 aliphatic carbocycles. The summed E-state index contributed by atoms with van der Waals surface area (Å²) in [6.07, 6.45) is 0. The Morgan fingerprint density at radius 3 is 2.23 bits per heavy atom. The van der Waals surface area contributed by atoms with E-state index in [4.69, 9.17) is 9.47 Å². The third-order valence-electron chi connectivity index (χ3n) is 5.27. The zero-order chi connectivity index (χ0) is 23.3. The highest BCUT2D eigenvalue weighted by Gasteiger charge is 2.26. The fraction of sp³-hybridized carbons (Fsp3) is 0.0741. The number of hydrogen-bond donors (Lipinski definition) is 0. The molecular formula is C27H22ClFN4O2. The number of para-hydroxylation sites is 2. The second-order valence-corrected chi connectivity index (χ2v) is 7.53. The summed E-state index contributed by atoms with van der Waals surface area (Å²) in [5.41, 5.74) is 2.81. The van der Waals surface area contributed by atoms with Crippen LogP contribution in [-0.4, -0.2) is 22.1 Å². The van der Waals surface area contributed by atoms with Crippen LogP contribution in [0.25, 0.3) is 22.8 Å². The van der Waals surface area contributed by atoms with Gasteiger partial charge >= 0.3 is 5.82 Å². The van der Waals surface area contributed by atoms with E-state index in [9.17, 15) is 4.39 Å². The van der Waals surface area contributed by atoms with Crippen molar-refractivity contribution in [3.63, 3.8) is 0 Å². The summed E-state index contributed by atoms with van der Waals surface area (Å²) in [4.78, 5) is 3.02. The molecule has 0 radical (unpaired) electrons. The molecule has 0 unspecified atom stereocenters. The number of benzene rings is 4. The van der Waals surface area contributed by atoms with Crippen molar-refractivity contribution < 1.29 is 31.1 Å². The van der Waals surface area contributed by atoms with Crippen LogP contribution < -0.4 is 26.7 Å². The van der Waals surface area contributed by atoms with Crippen molar-refractivity contribution >= 4 is 0 Å². The predicted octanol–water partition coefficient (Wildman–Crippen LogP) is 1.94. The zero-order valence-corrected chi connectivity index (χ0v) is 19.6. The maximum absolute atomic E-state index is 14.6. The lowest BCUT2D eigenvalue weighted by atomic mass is 10.2. The van der Waals surface area contributed by atoms with E-state index in [1.54, 1.807) is 30.1 Å². The molecule has 6 nitrogen and oxygen atoms in total. The Labute approximate surface area is 208 Å². The van der Waals surface area contributed by atoms with Crippen LogP contribution in [0, 0.1) is 5.82 Å². The molecule has 0 amide bonds. The van der Waals surface area contributed by atoms with E-state index < -0.39 is 5.82 Å². The monoisotopic (exact) mass is 488 g/mol. The molecule has 1 heterocycles. The SMILES string of the molecule is COc1cc(-c2nn(-c3ccccc3)[n+](-c3ccccc3F)n2)ccc1OCc1ccccc1.[Cl-]. The molecule has 0 spiro atoms. The van der Waals surface area contributed by atoms with Crippen molar-refractivity contribution in [3.05, 3.63) is 115 Å². The summed E-state index contributed by atoms with van der Waals surface area (Å²) in [6.45, 7) is 0.421. The molecular weight excluding hydrogens is 467 g/mol. The number of rotatable bonds is 7. The first kappa shape index (κ1) is 23.9. The zero-order valence-electron chi connectivity index (χ0n) is 18.9. The van der Waals surface area contributed by atoms with Gasteiger partial charge in [0.25, 0.3) is 0 Å². The summed E-state index contributed by atoms with van der Waals surface area (Å²) in [5.74, 6) is 1.19. The first-order valence-electron chi connectivity index (χ1n) is 10.8. The van der Waals surface area contributed by atoms with Crippen LogP contribution in [0.2, 0.25) is 0 Å². The Balaban J connectivity index is 0.00000289. The predicted molar refractivity (Wildman–Crippen MR) is 126 cm³/mol. The van der Waals surface area contributed by atoms with E-state index in [-0.39, 0.29) is 12.4 Å². The normalized spacial score (nSPS) is 10.5. The van der Waals surface area contributed by atoms with Gasteiger partial charge in [0.1, 0.15) is 12.3 Å². The fourth-order valence-electron chi connectivity index (χ4n) is 3.56. The minimum Gasteiger partial charge on any atom is -1.00 e. The third kappa shape index (κ3) is 5.15. The van der Waals surface area contributed by atoms with Crippen LogP contribution in [-0.2, 0) is 6.61 Å². The number of nitrogens with zero attached hydrogens (tertiary/aromatic N) is 4. The number of hydrogen-bond acceptors (Lipinski definition) is 4. The molecule has 5 aromatic rings. The van der Waals surface area contributed by atoms with Crippen LogP contribution in [0.3, 0.4) is 0 Å². The van der Waals surface area contributed by atoms with Crippen LogP contribution in [0.5, 0.6) is 11.5 Å². The van der Waals surface area contributed by atoms with E-state index in [0.717, 1.165) is 11.3 Å². The van der Waals surface area contributed by atoms with Gasteiger partial charge in [0.15, 0.2) is 17.3 Å². The quantitative estimate of drug-likeness (QED) is 0.329. The molecule has 0 saturated heterocycles. The molecule has 5 rings (SSSR count). The second-order valence-electron chi connectivity index (χ2n) is 7.53. The Kier molecular flexibility index (Phi) is 7.38. The highest BCUT2D eigenvalue weighted by molar-refractivity contribution is 5.60. The Hall–Kier alpha value is -4.23. The Morgan fingerprint density at radius 2 is 1.51 bits per heavy atom. The maximum atomic E-state index is 14.6. The average molecular weight is 489 g/mol. The molecule has 0 aliphatic heterocycles. The molecule has 0 bridgehead atoms. The molecule has 0 N–H and O–H groups in total. The smallest absolute Gasteiger partial charge is 0.340 e. The number of ether oxygens (including phenoxy) is 2. The average Bonchev–Trinajstić information content (AvgIpc) is 3.34. The van der Waals surface area contributed by atoms with E-state index in [2.05, 4.69) is 10.2 Å². The van der Waals surface area contributed by atoms with Crippen LogP contribution in [0.1, 0.15) is 5.56 Å².